The Balaban J connectivity index is 4.64. The van der Waals surface area contributed by atoms with Gasteiger partial charge in [-0.3, -0.25) is 0 Å². The van der Waals surface area contributed by atoms with E-state index in [1.165, 1.54) is 0 Å². The maximum absolute atomic E-state index is 12.8. The number of hydrogen-bond donors (Lipinski definition) is 0. The molecule has 0 aromatic carbocycles. The molecule has 0 amide bonds. The predicted molar refractivity (Wildman–Crippen MR) is 48.2 cm³/mol. The fourth-order valence-corrected chi connectivity index (χ4v) is 1.20. The Morgan fingerprint density at radius 1 is 1.18 bits per heavy atom. The molecule has 0 saturated heterocycles. The first-order chi connectivity index (χ1) is 4.98. The smallest absolute Gasteiger partial charge is 0.0963 e. The molecule has 0 spiro atoms. The summed E-state index contributed by atoms with van der Waals surface area (Å²) in [6.07, 6.45) is 2.02. The predicted octanol–water partition coefficient (Wildman–Crippen LogP) is 4.08. The summed E-state index contributed by atoms with van der Waals surface area (Å²) >= 11 is 0. The van der Waals surface area contributed by atoms with Gasteiger partial charge in [-0.05, 0) is 37.7 Å². The minimum absolute atomic E-state index is 0.0174. The monoisotopic (exact) mass is 158 g/mol. The molecule has 0 bridgehead atoms. The summed E-state index contributed by atoms with van der Waals surface area (Å²) in [4.78, 5) is 0. The van der Waals surface area contributed by atoms with Gasteiger partial charge in [0.15, 0.2) is 0 Å². The van der Waals surface area contributed by atoms with E-state index in [1.807, 2.05) is 6.92 Å². The van der Waals surface area contributed by atoms with Crippen LogP contribution >= 0.6 is 0 Å². The van der Waals surface area contributed by atoms with Gasteiger partial charge in [-0.2, -0.15) is 0 Å². The zero-order valence-electron chi connectivity index (χ0n) is 8.29. The van der Waals surface area contributed by atoms with Crippen LogP contribution in [0.2, 0.25) is 0 Å². The van der Waals surface area contributed by atoms with Gasteiger partial charge in [0.1, 0.15) is 0 Å². The lowest BCUT2D eigenvalue weighted by atomic mass is 9.78. The van der Waals surface area contributed by atoms with Crippen LogP contribution in [0.1, 0.15) is 47.5 Å². The van der Waals surface area contributed by atoms with Crippen molar-refractivity contribution in [2.24, 2.45) is 5.41 Å². The van der Waals surface area contributed by atoms with Crippen LogP contribution in [0, 0.1) is 5.41 Å². The highest BCUT2D eigenvalue weighted by atomic mass is 19.1. The van der Waals surface area contributed by atoms with Crippen LogP contribution in [0.4, 0.5) is 4.39 Å². The van der Waals surface area contributed by atoms with Crippen molar-refractivity contribution in [1.82, 2.24) is 0 Å². The number of halogens is 1. The Morgan fingerprint density at radius 2 is 1.55 bits per heavy atom. The van der Waals surface area contributed by atoms with Crippen molar-refractivity contribution in [2.45, 2.75) is 47.5 Å². The number of hydrogen-bond acceptors (Lipinski definition) is 0. The highest BCUT2D eigenvalue weighted by Gasteiger charge is 2.23. The standard InChI is InChI=1S/C10H19F/c1-6-10(5,7-2)8(3)9(4)11/h6-7H2,1-5H3/b9-8+. The Morgan fingerprint density at radius 3 is 1.64 bits per heavy atom. The van der Waals surface area contributed by atoms with Gasteiger partial charge >= 0.3 is 0 Å². The molecule has 0 radical (unpaired) electrons. The molecule has 66 valence electrons. The van der Waals surface area contributed by atoms with Crippen LogP contribution in [-0.4, -0.2) is 0 Å². The van der Waals surface area contributed by atoms with E-state index in [4.69, 9.17) is 0 Å². The maximum atomic E-state index is 12.8. The van der Waals surface area contributed by atoms with Crippen molar-refractivity contribution < 1.29 is 4.39 Å². The van der Waals surface area contributed by atoms with Crippen LogP contribution in [0.5, 0.6) is 0 Å². The number of rotatable bonds is 3. The molecule has 0 atom stereocenters. The minimum Gasteiger partial charge on any atom is -0.212 e. The molecule has 1 heteroatoms. The zero-order valence-corrected chi connectivity index (χ0v) is 8.29. The Hall–Kier alpha value is -0.330. The second-order valence-electron chi connectivity index (χ2n) is 3.43. The van der Waals surface area contributed by atoms with E-state index < -0.39 is 0 Å². The molecule has 11 heavy (non-hydrogen) atoms. The van der Waals surface area contributed by atoms with Gasteiger partial charge in [-0.15, -0.1) is 0 Å². The van der Waals surface area contributed by atoms with Crippen molar-refractivity contribution >= 4 is 0 Å². The van der Waals surface area contributed by atoms with Gasteiger partial charge in [0.05, 0.1) is 5.83 Å². The van der Waals surface area contributed by atoms with E-state index in [1.54, 1.807) is 6.92 Å². The Bertz CT molecular complexity index is 148. The first kappa shape index (κ1) is 10.7. The molecule has 0 heterocycles. The lowest BCUT2D eigenvalue weighted by Crippen LogP contribution is -2.15. The molecule has 0 aromatic heterocycles. The van der Waals surface area contributed by atoms with Crippen molar-refractivity contribution in [3.8, 4) is 0 Å². The first-order valence-corrected chi connectivity index (χ1v) is 4.31. The average molecular weight is 158 g/mol. The molecule has 0 fully saturated rings. The molecule has 0 N–H and O–H groups in total. The van der Waals surface area contributed by atoms with Gasteiger partial charge in [0.25, 0.3) is 0 Å². The van der Waals surface area contributed by atoms with E-state index in [-0.39, 0.29) is 11.2 Å². The summed E-state index contributed by atoms with van der Waals surface area (Å²) < 4.78 is 12.8. The zero-order chi connectivity index (χ0) is 9.07. The highest BCUT2D eigenvalue weighted by molar-refractivity contribution is 5.12. The van der Waals surface area contributed by atoms with Crippen LogP contribution in [-0.2, 0) is 0 Å². The van der Waals surface area contributed by atoms with E-state index in [2.05, 4.69) is 20.8 Å². The highest BCUT2D eigenvalue weighted by Crippen LogP contribution is 2.35. The Labute approximate surface area is 69.5 Å². The van der Waals surface area contributed by atoms with E-state index >= 15 is 0 Å². The van der Waals surface area contributed by atoms with Gasteiger partial charge < -0.3 is 0 Å². The third kappa shape index (κ3) is 2.32. The Kier molecular flexibility index (Phi) is 3.77. The molecule has 0 rings (SSSR count). The molecule has 0 unspecified atom stereocenters. The summed E-state index contributed by atoms with van der Waals surface area (Å²) in [5, 5.41) is 0. The average Bonchev–Trinajstić information content (AvgIpc) is 2.01. The van der Waals surface area contributed by atoms with Crippen LogP contribution in [0.15, 0.2) is 11.4 Å². The van der Waals surface area contributed by atoms with Crippen molar-refractivity contribution in [1.29, 1.82) is 0 Å². The molecular weight excluding hydrogens is 139 g/mol. The van der Waals surface area contributed by atoms with Gasteiger partial charge in [-0.25, -0.2) is 4.39 Å². The lowest BCUT2D eigenvalue weighted by Gasteiger charge is -2.27. The topological polar surface area (TPSA) is 0 Å². The molecule has 0 saturated carbocycles. The first-order valence-electron chi connectivity index (χ1n) is 4.31. The lowest BCUT2D eigenvalue weighted by molar-refractivity contribution is 0.354. The quantitative estimate of drug-likeness (QED) is 0.580. The van der Waals surface area contributed by atoms with Crippen LogP contribution < -0.4 is 0 Å². The third-order valence-electron chi connectivity index (χ3n) is 2.98. The summed E-state index contributed by atoms with van der Waals surface area (Å²) in [5.74, 6) is -0.0174. The number of allylic oxidation sites excluding steroid dienone is 2. The summed E-state index contributed by atoms with van der Waals surface area (Å²) in [6.45, 7) is 9.76. The third-order valence-corrected chi connectivity index (χ3v) is 2.98. The SMILES string of the molecule is CCC(C)(CC)/C(C)=C(\C)F. The van der Waals surface area contributed by atoms with E-state index in [0.717, 1.165) is 18.4 Å². The summed E-state index contributed by atoms with van der Waals surface area (Å²) in [5.41, 5.74) is 0.973. The summed E-state index contributed by atoms with van der Waals surface area (Å²) in [7, 11) is 0. The second-order valence-corrected chi connectivity index (χ2v) is 3.43. The maximum Gasteiger partial charge on any atom is 0.0963 e. The molecule has 0 aliphatic carbocycles. The van der Waals surface area contributed by atoms with Crippen LogP contribution in [0.25, 0.3) is 0 Å². The molecule has 0 aliphatic rings. The van der Waals surface area contributed by atoms with Crippen molar-refractivity contribution in [3.05, 3.63) is 11.4 Å². The normalized spacial score (nSPS) is 14.7. The molecule has 0 nitrogen and oxygen atoms in total. The summed E-state index contributed by atoms with van der Waals surface area (Å²) in [6, 6.07) is 0. The van der Waals surface area contributed by atoms with Crippen molar-refractivity contribution in [2.75, 3.05) is 0 Å². The van der Waals surface area contributed by atoms with E-state index in [9.17, 15) is 4.39 Å². The van der Waals surface area contributed by atoms with Gasteiger partial charge in [-0.1, -0.05) is 20.8 Å². The van der Waals surface area contributed by atoms with Gasteiger partial charge in [0.2, 0.25) is 0 Å². The van der Waals surface area contributed by atoms with Gasteiger partial charge in [0, 0.05) is 0 Å². The fraction of sp³-hybridized carbons (Fsp3) is 0.800. The molecule has 0 aromatic rings. The fourth-order valence-electron chi connectivity index (χ4n) is 1.20. The molecule has 0 aliphatic heterocycles. The largest absolute Gasteiger partial charge is 0.212 e. The van der Waals surface area contributed by atoms with Crippen LogP contribution in [0.3, 0.4) is 0 Å². The van der Waals surface area contributed by atoms with Crippen molar-refractivity contribution in [3.63, 3.8) is 0 Å². The molecular formula is C10H19F. The second kappa shape index (κ2) is 3.89. The minimum atomic E-state index is -0.0174. The van der Waals surface area contributed by atoms with E-state index in [0.29, 0.717) is 0 Å².